The third kappa shape index (κ3) is 13.2. The first-order chi connectivity index (χ1) is 8.66. The molecule has 0 bridgehead atoms. The van der Waals surface area contributed by atoms with Crippen molar-refractivity contribution in [2.75, 3.05) is 6.61 Å². The molecule has 0 amide bonds. The minimum absolute atomic E-state index is 0.114. The number of allylic oxidation sites excluding steroid dienone is 2. The smallest absolute Gasteiger partial charge is 0.305 e. The fourth-order valence-electron chi connectivity index (χ4n) is 1.63. The topological polar surface area (TPSA) is 46.5 Å². The summed E-state index contributed by atoms with van der Waals surface area (Å²) in [6.07, 6.45) is 12.3. The molecule has 0 aromatic rings. The lowest BCUT2D eigenvalue weighted by molar-refractivity contribution is -0.146. The lowest BCUT2D eigenvalue weighted by Gasteiger charge is -2.06. The maximum Gasteiger partial charge on any atom is 0.305 e. The molecule has 106 valence electrons. The van der Waals surface area contributed by atoms with E-state index in [-0.39, 0.29) is 12.6 Å². The van der Waals surface area contributed by atoms with Gasteiger partial charge < -0.3 is 9.84 Å². The van der Waals surface area contributed by atoms with Gasteiger partial charge in [-0.15, -0.1) is 0 Å². The summed E-state index contributed by atoms with van der Waals surface area (Å²) in [5, 5.41) is 8.95. The molecular weight excluding hydrogens is 228 g/mol. The van der Waals surface area contributed by atoms with Gasteiger partial charge in [-0.1, -0.05) is 38.3 Å². The normalized spacial score (nSPS) is 12.8. The Morgan fingerprint density at radius 2 is 1.83 bits per heavy atom. The van der Waals surface area contributed by atoms with Gasteiger partial charge in [0.25, 0.3) is 0 Å². The van der Waals surface area contributed by atoms with Crippen LogP contribution >= 0.6 is 0 Å². The number of rotatable bonds is 11. The Labute approximate surface area is 111 Å². The van der Waals surface area contributed by atoms with Gasteiger partial charge in [0, 0.05) is 6.42 Å². The van der Waals surface area contributed by atoms with Crippen molar-refractivity contribution in [1.82, 2.24) is 0 Å². The van der Waals surface area contributed by atoms with Crippen LogP contribution in [0.1, 0.15) is 65.2 Å². The molecule has 0 aliphatic rings. The monoisotopic (exact) mass is 256 g/mol. The second kappa shape index (κ2) is 12.6. The average molecular weight is 256 g/mol. The largest absolute Gasteiger partial charge is 0.463 e. The van der Waals surface area contributed by atoms with E-state index in [0.717, 1.165) is 19.3 Å². The van der Waals surface area contributed by atoms with Crippen molar-refractivity contribution in [2.24, 2.45) is 0 Å². The summed E-state index contributed by atoms with van der Waals surface area (Å²) in [4.78, 5) is 11.2. The van der Waals surface area contributed by atoms with Crippen LogP contribution in [0.25, 0.3) is 0 Å². The first-order valence-electron chi connectivity index (χ1n) is 7.15. The Hall–Kier alpha value is -0.830. The van der Waals surface area contributed by atoms with E-state index >= 15 is 0 Å². The summed E-state index contributed by atoms with van der Waals surface area (Å²) >= 11 is 0. The van der Waals surface area contributed by atoms with Crippen molar-refractivity contribution in [1.29, 1.82) is 0 Å². The molecule has 0 fully saturated rings. The molecule has 0 aromatic heterocycles. The highest BCUT2D eigenvalue weighted by molar-refractivity contribution is 5.69. The van der Waals surface area contributed by atoms with Gasteiger partial charge in [-0.25, -0.2) is 0 Å². The van der Waals surface area contributed by atoms with Crippen LogP contribution in [0.15, 0.2) is 12.2 Å². The highest BCUT2D eigenvalue weighted by atomic mass is 16.5. The third-order valence-corrected chi connectivity index (χ3v) is 2.64. The molecule has 3 nitrogen and oxygen atoms in total. The van der Waals surface area contributed by atoms with Crippen molar-refractivity contribution in [3.05, 3.63) is 12.2 Å². The van der Waals surface area contributed by atoms with Crippen LogP contribution < -0.4 is 0 Å². The van der Waals surface area contributed by atoms with E-state index in [1.165, 1.54) is 25.7 Å². The van der Waals surface area contributed by atoms with Crippen LogP contribution in [0, 0.1) is 0 Å². The number of ether oxygens (including phenoxy) is 1. The molecule has 18 heavy (non-hydrogen) atoms. The number of unbranched alkanes of at least 4 members (excludes halogenated alkanes) is 5. The van der Waals surface area contributed by atoms with Gasteiger partial charge in [0.05, 0.1) is 6.10 Å². The first kappa shape index (κ1) is 17.2. The van der Waals surface area contributed by atoms with E-state index in [4.69, 9.17) is 9.84 Å². The van der Waals surface area contributed by atoms with Crippen molar-refractivity contribution in [3.63, 3.8) is 0 Å². The number of aliphatic hydroxyl groups is 1. The van der Waals surface area contributed by atoms with Gasteiger partial charge in [0.15, 0.2) is 0 Å². The minimum Gasteiger partial charge on any atom is -0.463 e. The maximum atomic E-state index is 11.2. The molecular formula is C15H28O3. The standard InChI is InChI=1S/C15H28O3/c1-3-4-5-6-7-8-9-10-11-12-15(17)18-13-14(2)16/h4-5,14,16H,3,6-13H2,1-2H3/b5-4+. The van der Waals surface area contributed by atoms with Gasteiger partial charge >= 0.3 is 5.97 Å². The first-order valence-corrected chi connectivity index (χ1v) is 7.15. The third-order valence-electron chi connectivity index (χ3n) is 2.64. The molecule has 0 heterocycles. The molecule has 0 rings (SSSR count). The predicted octanol–water partition coefficient (Wildman–Crippen LogP) is 3.61. The molecule has 1 unspecified atom stereocenters. The summed E-state index contributed by atoms with van der Waals surface area (Å²) in [7, 11) is 0. The highest BCUT2D eigenvalue weighted by Crippen LogP contribution is 2.08. The zero-order valence-corrected chi connectivity index (χ0v) is 11.9. The molecule has 0 radical (unpaired) electrons. The number of carbonyl (C=O) groups excluding carboxylic acids is 1. The van der Waals surface area contributed by atoms with Crippen LogP contribution in [0.3, 0.4) is 0 Å². The molecule has 0 saturated carbocycles. The lowest BCUT2D eigenvalue weighted by atomic mass is 10.1. The van der Waals surface area contributed by atoms with Crippen LogP contribution in [0.4, 0.5) is 0 Å². The molecule has 0 saturated heterocycles. The summed E-state index contributed by atoms with van der Waals surface area (Å²) in [6, 6.07) is 0. The highest BCUT2D eigenvalue weighted by Gasteiger charge is 2.04. The second-order valence-corrected chi connectivity index (χ2v) is 4.72. The Bertz CT molecular complexity index is 222. The molecule has 0 aliphatic heterocycles. The molecule has 0 spiro atoms. The molecule has 0 aromatic carbocycles. The van der Waals surface area contributed by atoms with Crippen LogP contribution in [0.5, 0.6) is 0 Å². The lowest BCUT2D eigenvalue weighted by Crippen LogP contribution is -2.14. The van der Waals surface area contributed by atoms with Crippen molar-refractivity contribution in [2.45, 2.75) is 71.3 Å². The fraction of sp³-hybridized carbons (Fsp3) is 0.800. The zero-order valence-electron chi connectivity index (χ0n) is 11.9. The van der Waals surface area contributed by atoms with Crippen molar-refractivity contribution < 1.29 is 14.6 Å². The number of hydrogen-bond donors (Lipinski definition) is 1. The zero-order chi connectivity index (χ0) is 13.6. The van der Waals surface area contributed by atoms with E-state index in [1.807, 2.05) is 0 Å². The van der Waals surface area contributed by atoms with Gasteiger partial charge in [-0.3, -0.25) is 4.79 Å². The van der Waals surface area contributed by atoms with Gasteiger partial charge in [-0.05, 0) is 32.6 Å². The summed E-state index contributed by atoms with van der Waals surface area (Å²) in [6.45, 7) is 3.87. The number of aliphatic hydroxyl groups excluding tert-OH is 1. The Balaban J connectivity index is 3.20. The molecule has 0 aliphatic carbocycles. The van der Waals surface area contributed by atoms with Crippen LogP contribution in [-0.2, 0) is 9.53 Å². The maximum absolute atomic E-state index is 11.2. The Kier molecular flexibility index (Phi) is 12.0. The molecule has 1 N–H and O–H groups in total. The van der Waals surface area contributed by atoms with E-state index in [9.17, 15) is 4.79 Å². The van der Waals surface area contributed by atoms with E-state index in [0.29, 0.717) is 6.42 Å². The summed E-state index contributed by atoms with van der Waals surface area (Å²) in [5.74, 6) is -0.193. The second-order valence-electron chi connectivity index (χ2n) is 4.72. The summed E-state index contributed by atoms with van der Waals surface area (Å²) in [5.41, 5.74) is 0. The molecule has 1 atom stereocenters. The quantitative estimate of drug-likeness (QED) is 0.349. The predicted molar refractivity (Wildman–Crippen MR) is 74.4 cm³/mol. The minimum atomic E-state index is -0.565. The van der Waals surface area contributed by atoms with Crippen LogP contribution in [0.2, 0.25) is 0 Å². The Morgan fingerprint density at radius 3 is 2.50 bits per heavy atom. The average Bonchev–Trinajstić information content (AvgIpc) is 2.34. The number of esters is 1. The van der Waals surface area contributed by atoms with E-state index < -0.39 is 6.10 Å². The summed E-state index contributed by atoms with van der Waals surface area (Å²) < 4.78 is 4.88. The van der Waals surface area contributed by atoms with E-state index in [2.05, 4.69) is 19.1 Å². The van der Waals surface area contributed by atoms with Gasteiger partial charge in [-0.2, -0.15) is 0 Å². The fourth-order valence-corrected chi connectivity index (χ4v) is 1.63. The van der Waals surface area contributed by atoms with Crippen LogP contribution in [-0.4, -0.2) is 23.8 Å². The van der Waals surface area contributed by atoms with Gasteiger partial charge in [0.1, 0.15) is 6.61 Å². The SMILES string of the molecule is CC/C=C/CCCCCCCC(=O)OCC(C)O. The number of hydrogen-bond acceptors (Lipinski definition) is 3. The van der Waals surface area contributed by atoms with Gasteiger partial charge in [0.2, 0.25) is 0 Å². The van der Waals surface area contributed by atoms with Crippen molar-refractivity contribution >= 4 is 5.97 Å². The van der Waals surface area contributed by atoms with E-state index in [1.54, 1.807) is 6.92 Å². The molecule has 3 heteroatoms. The Morgan fingerprint density at radius 1 is 1.17 bits per heavy atom. The number of carbonyl (C=O) groups is 1. The van der Waals surface area contributed by atoms with Crippen molar-refractivity contribution in [3.8, 4) is 0 Å².